The summed E-state index contributed by atoms with van der Waals surface area (Å²) in [5.41, 5.74) is 0.300. The molecule has 0 aromatic rings. The fraction of sp³-hybridized carbons (Fsp3) is 1.00. The number of rotatable bonds is 6. The van der Waals surface area contributed by atoms with Gasteiger partial charge >= 0.3 is 0 Å². The zero-order valence-electron chi connectivity index (χ0n) is 11.5. The van der Waals surface area contributed by atoms with Crippen LogP contribution in [0.4, 0.5) is 0 Å². The van der Waals surface area contributed by atoms with E-state index in [4.69, 9.17) is 4.74 Å². The Balaban J connectivity index is 1.60. The van der Waals surface area contributed by atoms with E-state index in [1.165, 1.54) is 70.8 Å². The van der Waals surface area contributed by atoms with Gasteiger partial charge in [0.05, 0.1) is 11.7 Å². The van der Waals surface area contributed by atoms with Gasteiger partial charge in [0.1, 0.15) is 0 Å². The molecule has 2 rings (SSSR count). The van der Waals surface area contributed by atoms with Gasteiger partial charge in [-0.05, 0) is 38.6 Å². The van der Waals surface area contributed by atoms with Crippen LogP contribution in [-0.4, -0.2) is 24.8 Å². The maximum absolute atomic E-state index is 6.33. The molecule has 1 unspecified atom stereocenters. The summed E-state index contributed by atoms with van der Waals surface area (Å²) in [5, 5.41) is 3.56. The maximum atomic E-state index is 6.33. The largest absolute Gasteiger partial charge is 0.370 e. The first-order valence-electron chi connectivity index (χ1n) is 7.73. The number of hydrogen-bond donors (Lipinski definition) is 1. The molecule has 2 fully saturated rings. The van der Waals surface area contributed by atoms with Gasteiger partial charge in [-0.2, -0.15) is 0 Å². The molecule has 1 saturated heterocycles. The summed E-state index contributed by atoms with van der Waals surface area (Å²) in [6.07, 6.45) is 13.9. The average molecular weight is 239 g/mol. The van der Waals surface area contributed by atoms with Crippen LogP contribution in [0.2, 0.25) is 0 Å². The van der Waals surface area contributed by atoms with E-state index in [1.54, 1.807) is 0 Å². The van der Waals surface area contributed by atoms with Gasteiger partial charge in [-0.15, -0.1) is 0 Å². The van der Waals surface area contributed by atoms with E-state index in [1.807, 2.05) is 0 Å². The summed E-state index contributed by atoms with van der Waals surface area (Å²) in [6, 6.07) is 0. The van der Waals surface area contributed by atoms with Crippen LogP contribution in [0.5, 0.6) is 0 Å². The van der Waals surface area contributed by atoms with Crippen LogP contribution >= 0.6 is 0 Å². The quantitative estimate of drug-likeness (QED) is 0.714. The molecule has 1 heterocycles. The number of nitrogens with one attached hydrogen (secondary N) is 1. The fourth-order valence-corrected chi connectivity index (χ4v) is 3.37. The lowest BCUT2D eigenvalue weighted by Gasteiger charge is -2.33. The summed E-state index contributed by atoms with van der Waals surface area (Å²) in [6.45, 7) is 4.50. The van der Waals surface area contributed by atoms with Crippen molar-refractivity contribution in [2.75, 3.05) is 13.1 Å². The second-order valence-electron chi connectivity index (χ2n) is 5.93. The Morgan fingerprint density at radius 1 is 1.12 bits per heavy atom. The molecule has 100 valence electrons. The zero-order chi connectivity index (χ0) is 12.0. The number of ether oxygens (including phenoxy) is 1. The molecule has 0 aromatic carbocycles. The van der Waals surface area contributed by atoms with Crippen molar-refractivity contribution in [2.24, 2.45) is 0 Å². The molecular weight excluding hydrogens is 210 g/mol. The maximum Gasteiger partial charge on any atom is 0.0708 e. The minimum atomic E-state index is 0.300. The highest BCUT2D eigenvalue weighted by molar-refractivity contribution is 4.91. The molecule has 1 aliphatic heterocycles. The molecule has 17 heavy (non-hydrogen) atoms. The van der Waals surface area contributed by atoms with E-state index in [2.05, 4.69) is 12.2 Å². The third kappa shape index (κ3) is 3.96. The van der Waals surface area contributed by atoms with Crippen molar-refractivity contribution in [1.29, 1.82) is 0 Å². The first-order valence-corrected chi connectivity index (χ1v) is 7.73. The first-order chi connectivity index (χ1) is 8.35. The van der Waals surface area contributed by atoms with Crippen LogP contribution in [0.15, 0.2) is 0 Å². The summed E-state index contributed by atoms with van der Waals surface area (Å²) >= 11 is 0. The van der Waals surface area contributed by atoms with E-state index in [0.717, 1.165) is 6.54 Å². The Labute approximate surface area is 107 Å². The Morgan fingerprint density at radius 3 is 2.71 bits per heavy atom. The molecule has 1 N–H and O–H groups in total. The van der Waals surface area contributed by atoms with Crippen molar-refractivity contribution < 1.29 is 4.74 Å². The zero-order valence-corrected chi connectivity index (χ0v) is 11.5. The topological polar surface area (TPSA) is 21.3 Å². The van der Waals surface area contributed by atoms with Gasteiger partial charge in [-0.1, -0.05) is 39.0 Å². The van der Waals surface area contributed by atoms with Crippen molar-refractivity contribution in [3.8, 4) is 0 Å². The Hall–Kier alpha value is -0.0800. The molecule has 2 aliphatic rings. The monoisotopic (exact) mass is 239 g/mol. The molecule has 0 aromatic heterocycles. The van der Waals surface area contributed by atoms with Crippen LogP contribution in [0.25, 0.3) is 0 Å². The van der Waals surface area contributed by atoms with Gasteiger partial charge in [-0.25, -0.2) is 0 Å². The SMILES string of the molecule is CCCCCNCC1CCC2(CCCCC2)O1. The van der Waals surface area contributed by atoms with Crippen molar-refractivity contribution >= 4 is 0 Å². The molecule has 0 radical (unpaired) electrons. The van der Waals surface area contributed by atoms with Gasteiger partial charge < -0.3 is 10.1 Å². The lowest BCUT2D eigenvalue weighted by atomic mass is 9.83. The molecule has 2 nitrogen and oxygen atoms in total. The van der Waals surface area contributed by atoms with Gasteiger partial charge in [0.2, 0.25) is 0 Å². The average Bonchev–Trinajstić information content (AvgIpc) is 2.73. The second-order valence-corrected chi connectivity index (χ2v) is 5.93. The highest BCUT2D eigenvalue weighted by Crippen LogP contribution is 2.41. The van der Waals surface area contributed by atoms with Crippen LogP contribution < -0.4 is 5.32 Å². The summed E-state index contributed by atoms with van der Waals surface area (Å²) in [7, 11) is 0. The van der Waals surface area contributed by atoms with Crippen molar-refractivity contribution in [2.45, 2.75) is 82.8 Å². The van der Waals surface area contributed by atoms with Gasteiger partial charge in [0.25, 0.3) is 0 Å². The molecule has 1 saturated carbocycles. The first kappa shape index (κ1) is 13.4. The lowest BCUT2D eigenvalue weighted by molar-refractivity contribution is -0.0623. The van der Waals surface area contributed by atoms with Crippen LogP contribution in [0.3, 0.4) is 0 Å². The third-order valence-corrected chi connectivity index (χ3v) is 4.43. The van der Waals surface area contributed by atoms with Gasteiger partial charge in [0, 0.05) is 6.54 Å². The van der Waals surface area contributed by atoms with E-state index in [0.29, 0.717) is 11.7 Å². The molecular formula is C15H29NO. The predicted molar refractivity (Wildman–Crippen MR) is 72.3 cm³/mol. The molecule has 1 aliphatic carbocycles. The Bertz CT molecular complexity index is 211. The number of hydrogen-bond acceptors (Lipinski definition) is 2. The van der Waals surface area contributed by atoms with E-state index < -0.39 is 0 Å². The second kappa shape index (κ2) is 6.75. The van der Waals surface area contributed by atoms with Crippen LogP contribution in [0.1, 0.15) is 71.1 Å². The highest BCUT2D eigenvalue weighted by Gasteiger charge is 2.40. The highest BCUT2D eigenvalue weighted by atomic mass is 16.5. The predicted octanol–water partition coefficient (Wildman–Crippen LogP) is 3.65. The van der Waals surface area contributed by atoms with Crippen molar-refractivity contribution in [1.82, 2.24) is 5.32 Å². The molecule has 2 heteroatoms. The lowest BCUT2D eigenvalue weighted by Crippen LogP contribution is -2.34. The summed E-state index contributed by atoms with van der Waals surface area (Å²) in [4.78, 5) is 0. The molecule has 1 spiro atoms. The molecule has 1 atom stereocenters. The van der Waals surface area contributed by atoms with Crippen LogP contribution in [0, 0.1) is 0 Å². The van der Waals surface area contributed by atoms with Gasteiger partial charge in [0.15, 0.2) is 0 Å². The van der Waals surface area contributed by atoms with E-state index in [9.17, 15) is 0 Å². The summed E-state index contributed by atoms with van der Waals surface area (Å²) in [5.74, 6) is 0. The van der Waals surface area contributed by atoms with E-state index in [-0.39, 0.29) is 0 Å². The van der Waals surface area contributed by atoms with Crippen molar-refractivity contribution in [3.63, 3.8) is 0 Å². The van der Waals surface area contributed by atoms with Gasteiger partial charge in [-0.3, -0.25) is 0 Å². The summed E-state index contributed by atoms with van der Waals surface area (Å²) < 4.78 is 6.33. The minimum absolute atomic E-state index is 0.300. The van der Waals surface area contributed by atoms with E-state index >= 15 is 0 Å². The molecule has 0 bridgehead atoms. The van der Waals surface area contributed by atoms with Crippen molar-refractivity contribution in [3.05, 3.63) is 0 Å². The third-order valence-electron chi connectivity index (χ3n) is 4.43. The van der Waals surface area contributed by atoms with Crippen LogP contribution in [-0.2, 0) is 4.74 Å². The smallest absolute Gasteiger partial charge is 0.0708 e. The standard InChI is InChI=1S/C15H29NO/c1-2-3-7-12-16-13-14-8-11-15(17-14)9-5-4-6-10-15/h14,16H,2-13H2,1H3. The fourth-order valence-electron chi connectivity index (χ4n) is 3.37. The Kier molecular flexibility index (Phi) is 5.30. The number of unbranched alkanes of at least 4 members (excludes halogenated alkanes) is 2. The minimum Gasteiger partial charge on any atom is -0.370 e. The normalized spacial score (nSPS) is 27.7. The Morgan fingerprint density at radius 2 is 1.94 bits per heavy atom. The molecule has 0 amide bonds.